The van der Waals surface area contributed by atoms with Gasteiger partial charge in [-0.15, -0.1) is 0 Å². The molecule has 19 heavy (non-hydrogen) atoms. The normalized spacial score (nSPS) is 27.6. The van der Waals surface area contributed by atoms with E-state index in [1.54, 1.807) is 0 Å². The molecule has 1 fully saturated rings. The second kappa shape index (κ2) is 7.09. The summed E-state index contributed by atoms with van der Waals surface area (Å²) in [6.07, 6.45) is 10.9. The molecule has 3 nitrogen and oxygen atoms in total. The number of rotatable bonds is 6. The smallest absolute Gasteiger partial charge is 0.0521 e. The number of nitrogens with zero attached hydrogens (tertiary/aromatic N) is 2. The minimum absolute atomic E-state index is 0.706. The molecule has 0 spiro atoms. The molecule has 3 heteroatoms. The van der Waals surface area contributed by atoms with Gasteiger partial charge in [0.25, 0.3) is 0 Å². The van der Waals surface area contributed by atoms with Gasteiger partial charge in [-0.3, -0.25) is 4.68 Å². The van der Waals surface area contributed by atoms with Crippen LogP contribution in [0.25, 0.3) is 0 Å². The lowest BCUT2D eigenvalue weighted by molar-refractivity contribution is 0.200. The Morgan fingerprint density at radius 3 is 2.79 bits per heavy atom. The number of hydrogen-bond acceptors (Lipinski definition) is 2. The van der Waals surface area contributed by atoms with E-state index in [2.05, 4.69) is 43.6 Å². The number of aromatic nitrogens is 2. The Bertz CT molecular complexity index is 372. The van der Waals surface area contributed by atoms with Crippen LogP contribution in [0.1, 0.15) is 52.0 Å². The van der Waals surface area contributed by atoms with Gasteiger partial charge in [0.1, 0.15) is 0 Å². The third kappa shape index (κ3) is 3.82. The van der Waals surface area contributed by atoms with E-state index in [0.717, 1.165) is 24.9 Å². The molecule has 0 saturated heterocycles. The van der Waals surface area contributed by atoms with Crippen molar-refractivity contribution in [1.82, 2.24) is 15.1 Å². The Morgan fingerprint density at radius 1 is 1.32 bits per heavy atom. The van der Waals surface area contributed by atoms with E-state index in [0.29, 0.717) is 6.04 Å². The van der Waals surface area contributed by atoms with Gasteiger partial charge in [-0.2, -0.15) is 5.10 Å². The summed E-state index contributed by atoms with van der Waals surface area (Å²) in [6.45, 7) is 8.76. The third-order valence-corrected chi connectivity index (χ3v) is 4.64. The van der Waals surface area contributed by atoms with Gasteiger partial charge in [0.05, 0.1) is 6.20 Å². The predicted octanol–water partition coefficient (Wildman–Crippen LogP) is 3.25. The number of hydrogen-bond donors (Lipinski definition) is 1. The summed E-state index contributed by atoms with van der Waals surface area (Å²) >= 11 is 0. The molecule has 1 aliphatic carbocycles. The third-order valence-electron chi connectivity index (χ3n) is 4.64. The highest BCUT2D eigenvalue weighted by Crippen LogP contribution is 2.33. The van der Waals surface area contributed by atoms with Crippen LogP contribution in [0, 0.1) is 11.8 Å². The van der Waals surface area contributed by atoms with E-state index in [9.17, 15) is 0 Å². The summed E-state index contributed by atoms with van der Waals surface area (Å²) in [7, 11) is 0. The van der Waals surface area contributed by atoms with Crippen LogP contribution < -0.4 is 5.32 Å². The van der Waals surface area contributed by atoms with Crippen LogP contribution >= 0.6 is 0 Å². The monoisotopic (exact) mass is 263 g/mol. The van der Waals surface area contributed by atoms with Crippen LogP contribution in [-0.2, 0) is 13.0 Å². The molecule has 3 atom stereocenters. The summed E-state index contributed by atoms with van der Waals surface area (Å²) in [4.78, 5) is 0. The number of aryl methyl sites for hydroxylation is 1. The first-order chi connectivity index (χ1) is 9.26. The zero-order valence-electron chi connectivity index (χ0n) is 12.7. The molecular weight excluding hydrogens is 234 g/mol. The zero-order valence-corrected chi connectivity index (χ0v) is 12.7. The fourth-order valence-electron chi connectivity index (χ4n) is 3.48. The van der Waals surface area contributed by atoms with Crippen LogP contribution in [0.2, 0.25) is 0 Å². The maximum Gasteiger partial charge on any atom is 0.0521 e. The summed E-state index contributed by atoms with van der Waals surface area (Å²) in [5, 5.41) is 8.10. The van der Waals surface area contributed by atoms with Gasteiger partial charge >= 0.3 is 0 Å². The van der Waals surface area contributed by atoms with E-state index in [-0.39, 0.29) is 0 Å². The van der Waals surface area contributed by atoms with Gasteiger partial charge in [-0.05, 0) is 56.6 Å². The SMILES string of the molecule is CCNC1CCC(CC)CC1Cc1cnn(CC)c1. The number of nitrogens with one attached hydrogen (secondary N) is 1. The molecule has 2 rings (SSSR count). The van der Waals surface area contributed by atoms with Gasteiger partial charge in [-0.1, -0.05) is 20.3 Å². The highest BCUT2D eigenvalue weighted by molar-refractivity contribution is 5.06. The van der Waals surface area contributed by atoms with Crippen molar-refractivity contribution in [3.05, 3.63) is 18.0 Å². The first-order valence-corrected chi connectivity index (χ1v) is 8.01. The summed E-state index contributed by atoms with van der Waals surface area (Å²) in [5.74, 6) is 1.72. The average molecular weight is 263 g/mol. The van der Waals surface area contributed by atoms with Gasteiger partial charge in [0.15, 0.2) is 0 Å². The summed E-state index contributed by atoms with van der Waals surface area (Å²) in [5.41, 5.74) is 1.41. The van der Waals surface area contributed by atoms with Crippen LogP contribution in [0.4, 0.5) is 0 Å². The molecule has 0 radical (unpaired) electrons. The first-order valence-electron chi connectivity index (χ1n) is 8.01. The van der Waals surface area contributed by atoms with Crippen LogP contribution in [0.15, 0.2) is 12.4 Å². The van der Waals surface area contributed by atoms with Crippen molar-refractivity contribution in [2.45, 2.75) is 65.5 Å². The maximum absolute atomic E-state index is 4.41. The van der Waals surface area contributed by atoms with E-state index in [1.165, 1.54) is 37.7 Å². The zero-order chi connectivity index (χ0) is 13.7. The molecule has 0 aliphatic heterocycles. The lowest BCUT2D eigenvalue weighted by atomic mass is 9.74. The average Bonchev–Trinajstić information content (AvgIpc) is 2.88. The highest BCUT2D eigenvalue weighted by atomic mass is 15.3. The minimum atomic E-state index is 0.706. The van der Waals surface area contributed by atoms with Crippen molar-refractivity contribution in [3.63, 3.8) is 0 Å². The van der Waals surface area contributed by atoms with Crippen LogP contribution in [0.5, 0.6) is 0 Å². The van der Waals surface area contributed by atoms with Gasteiger partial charge < -0.3 is 5.32 Å². The van der Waals surface area contributed by atoms with Crippen LogP contribution in [0.3, 0.4) is 0 Å². The Labute approximate surface area is 117 Å². The summed E-state index contributed by atoms with van der Waals surface area (Å²) in [6, 6.07) is 0.706. The minimum Gasteiger partial charge on any atom is -0.314 e. The second-order valence-electron chi connectivity index (χ2n) is 5.92. The highest BCUT2D eigenvalue weighted by Gasteiger charge is 2.29. The lowest BCUT2D eigenvalue weighted by Gasteiger charge is -2.36. The standard InChI is InChI=1S/C16H29N3/c1-4-13-7-8-16(17-5-2)15(9-13)10-14-11-18-19(6-3)12-14/h11-13,15-17H,4-10H2,1-3H3. The summed E-state index contributed by atoms with van der Waals surface area (Å²) < 4.78 is 2.04. The Kier molecular flexibility index (Phi) is 5.44. The molecule has 0 bridgehead atoms. The second-order valence-corrected chi connectivity index (χ2v) is 5.92. The Morgan fingerprint density at radius 2 is 2.16 bits per heavy atom. The molecule has 1 aromatic rings. The predicted molar refractivity (Wildman–Crippen MR) is 80.2 cm³/mol. The molecule has 1 saturated carbocycles. The quantitative estimate of drug-likeness (QED) is 0.854. The molecule has 1 aromatic heterocycles. The fourth-order valence-corrected chi connectivity index (χ4v) is 3.48. The molecule has 0 aromatic carbocycles. The molecule has 3 unspecified atom stereocenters. The van der Waals surface area contributed by atoms with Crippen LogP contribution in [-0.4, -0.2) is 22.4 Å². The topological polar surface area (TPSA) is 29.9 Å². The van der Waals surface area contributed by atoms with E-state index in [1.807, 2.05) is 4.68 Å². The maximum atomic E-state index is 4.41. The van der Waals surface area contributed by atoms with Gasteiger partial charge in [0, 0.05) is 18.8 Å². The van der Waals surface area contributed by atoms with E-state index < -0.39 is 0 Å². The molecular formula is C16H29N3. The molecule has 108 valence electrons. The van der Waals surface area contributed by atoms with Crippen molar-refractivity contribution in [1.29, 1.82) is 0 Å². The van der Waals surface area contributed by atoms with Crippen molar-refractivity contribution < 1.29 is 0 Å². The molecule has 1 N–H and O–H groups in total. The van der Waals surface area contributed by atoms with Crippen molar-refractivity contribution in [3.8, 4) is 0 Å². The van der Waals surface area contributed by atoms with Crippen molar-refractivity contribution in [2.24, 2.45) is 11.8 Å². The molecule has 0 amide bonds. The first kappa shape index (κ1) is 14.6. The van der Waals surface area contributed by atoms with Gasteiger partial charge in [0.2, 0.25) is 0 Å². The van der Waals surface area contributed by atoms with Crippen molar-refractivity contribution in [2.75, 3.05) is 6.54 Å². The Hall–Kier alpha value is -0.830. The lowest BCUT2D eigenvalue weighted by Crippen LogP contribution is -2.41. The van der Waals surface area contributed by atoms with E-state index in [4.69, 9.17) is 0 Å². The van der Waals surface area contributed by atoms with E-state index >= 15 is 0 Å². The largest absolute Gasteiger partial charge is 0.314 e. The molecule has 1 aliphatic rings. The van der Waals surface area contributed by atoms with Crippen molar-refractivity contribution >= 4 is 0 Å². The van der Waals surface area contributed by atoms with Gasteiger partial charge in [-0.25, -0.2) is 0 Å². The fraction of sp³-hybridized carbons (Fsp3) is 0.812. The Balaban J connectivity index is 1.99. The molecule has 1 heterocycles.